The molecule has 16 nitrogen and oxygen atoms in total. The van der Waals surface area contributed by atoms with E-state index < -0.39 is 63.7 Å². The molecule has 3 aromatic rings. The van der Waals surface area contributed by atoms with Gasteiger partial charge in [-0.15, -0.1) is 0 Å². The second-order valence-electron chi connectivity index (χ2n) is 8.27. The van der Waals surface area contributed by atoms with Crippen molar-refractivity contribution in [1.29, 1.82) is 5.26 Å². The van der Waals surface area contributed by atoms with Crippen LogP contribution < -0.4 is 14.2 Å². The second-order valence-corrected chi connectivity index (χ2v) is 8.27. The fraction of sp³-hybridized carbons (Fsp3) is 0.269. The normalized spacial score (nSPS) is 11.0. The number of nitriles is 1. The van der Waals surface area contributed by atoms with Gasteiger partial charge in [-0.3, -0.25) is 20.2 Å². The molecule has 1 aromatic heterocycles. The number of ether oxygens (including phenoxy) is 5. The second kappa shape index (κ2) is 14.6. The minimum Gasteiger partial charge on any atom is -0.463 e. The molecule has 0 aliphatic heterocycles. The molecule has 0 saturated heterocycles. The van der Waals surface area contributed by atoms with Gasteiger partial charge in [-0.2, -0.15) is 15.2 Å². The van der Waals surface area contributed by atoms with Crippen molar-refractivity contribution in [3.8, 4) is 35.3 Å². The molecule has 0 bridgehead atoms. The number of alkyl halides is 1. The molecule has 1 unspecified atom stereocenters. The summed E-state index contributed by atoms with van der Waals surface area (Å²) in [6.07, 6.45) is -1.26. The van der Waals surface area contributed by atoms with Crippen molar-refractivity contribution < 1.29 is 47.5 Å². The number of aromatic nitrogens is 2. The average Bonchev–Trinajstić information content (AvgIpc) is 2.96. The number of carbonyl (C=O) groups excluding carboxylic acids is 2. The van der Waals surface area contributed by atoms with Crippen molar-refractivity contribution in [3.05, 3.63) is 73.8 Å². The van der Waals surface area contributed by atoms with E-state index in [1.807, 2.05) is 0 Å². The Kier molecular flexibility index (Phi) is 10.8. The zero-order chi connectivity index (χ0) is 31.5. The van der Waals surface area contributed by atoms with Crippen molar-refractivity contribution in [3.63, 3.8) is 0 Å². The van der Waals surface area contributed by atoms with Gasteiger partial charge in [0.1, 0.15) is 34.9 Å². The number of esters is 2. The van der Waals surface area contributed by atoms with Crippen LogP contribution in [0.15, 0.2) is 42.5 Å². The van der Waals surface area contributed by atoms with Crippen LogP contribution in [0.3, 0.4) is 0 Å². The molecule has 0 saturated carbocycles. The van der Waals surface area contributed by atoms with Gasteiger partial charge < -0.3 is 23.7 Å². The van der Waals surface area contributed by atoms with Crippen molar-refractivity contribution in [2.75, 3.05) is 19.8 Å². The van der Waals surface area contributed by atoms with Crippen LogP contribution in [0.2, 0.25) is 0 Å². The number of carbonyl (C=O) groups is 2. The van der Waals surface area contributed by atoms with E-state index in [0.717, 1.165) is 18.2 Å². The van der Waals surface area contributed by atoms with Crippen molar-refractivity contribution in [2.24, 2.45) is 0 Å². The predicted octanol–water partition coefficient (Wildman–Crippen LogP) is 4.60. The highest BCUT2D eigenvalue weighted by molar-refractivity contribution is 5.92. The minimum atomic E-state index is -1.21. The van der Waals surface area contributed by atoms with E-state index in [2.05, 4.69) is 9.97 Å². The fourth-order valence-corrected chi connectivity index (χ4v) is 3.25. The Balaban J connectivity index is 2.07. The maximum Gasteiger partial charge on any atom is 0.392 e. The number of halogens is 1. The minimum absolute atomic E-state index is 0.00855. The van der Waals surface area contributed by atoms with Crippen LogP contribution >= 0.6 is 0 Å². The molecule has 3 rings (SSSR count). The Morgan fingerprint density at radius 2 is 1.77 bits per heavy atom. The highest BCUT2D eigenvalue weighted by Gasteiger charge is 2.31. The lowest BCUT2D eigenvalue weighted by Gasteiger charge is -2.13. The first kappa shape index (κ1) is 31.6. The van der Waals surface area contributed by atoms with E-state index in [-0.39, 0.29) is 42.3 Å². The number of rotatable bonds is 14. The molecule has 0 spiro atoms. The van der Waals surface area contributed by atoms with Gasteiger partial charge in [0.05, 0.1) is 29.1 Å². The number of benzene rings is 2. The first-order valence-electron chi connectivity index (χ1n) is 12.3. The predicted molar refractivity (Wildman–Crippen MR) is 141 cm³/mol. The topological polar surface area (TPSA) is 216 Å². The zero-order valence-corrected chi connectivity index (χ0v) is 22.6. The van der Waals surface area contributed by atoms with Crippen LogP contribution in [-0.2, 0) is 14.3 Å². The molecule has 224 valence electrons. The number of nitro groups is 2. The lowest BCUT2D eigenvalue weighted by molar-refractivity contribution is -0.387. The van der Waals surface area contributed by atoms with Gasteiger partial charge in [0.25, 0.3) is 5.69 Å². The molecule has 43 heavy (non-hydrogen) atoms. The van der Waals surface area contributed by atoms with Crippen LogP contribution in [0.4, 0.5) is 15.8 Å². The van der Waals surface area contributed by atoms with E-state index in [0.29, 0.717) is 0 Å². The molecule has 0 aliphatic rings. The van der Waals surface area contributed by atoms with Crippen molar-refractivity contribution >= 4 is 23.3 Å². The number of nitrogens with zero attached hydrogens (tertiary/aromatic N) is 5. The summed E-state index contributed by atoms with van der Waals surface area (Å²) >= 11 is 0. The lowest BCUT2D eigenvalue weighted by atomic mass is 10.2. The number of hydrogen-bond acceptors (Lipinski definition) is 14. The third-order valence-corrected chi connectivity index (χ3v) is 5.17. The summed E-state index contributed by atoms with van der Waals surface area (Å²) in [6, 6.07) is 9.61. The monoisotopic (exact) mass is 599 g/mol. The molecule has 0 fully saturated rings. The molecule has 1 heterocycles. The van der Waals surface area contributed by atoms with Crippen LogP contribution in [0.1, 0.15) is 36.2 Å². The molecule has 0 aliphatic carbocycles. The van der Waals surface area contributed by atoms with E-state index >= 15 is 0 Å². The summed E-state index contributed by atoms with van der Waals surface area (Å²) in [5.74, 6) is -3.91. The van der Waals surface area contributed by atoms with Gasteiger partial charge in [-0.25, -0.2) is 14.0 Å². The Morgan fingerprint density at radius 1 is 1.05 bits per heavy atom. The van der Waals surface area contributed by atoms with Crippen LogP contribution in [-0.4, -0.2) is 57.7 Å². The number of hydrogen-bond donors (Lipinski definition) is 0. The highest BCUT2D eigenvalue weighted by Crippen LogP contribution is 2.40. The maximum absolute atomic E-state index is 13.1. The van der Waals surface area contributed by atoms with Crippen LogP contribution in [0.25, 0.3) is 0 Å². The third-order valence-electron chi connectivity index (χ3n) is 5.17. The Labute approximate surface area is 241 Å². The summed E-state index contributed by atoms with van der Waals surface area (Å²) in [5, 5.41) is 32.5. The van der Waals surface area contributed by atoms with Crippen LogP contribution in [0.5, 0.6) is 29.3 Å². The molecule has 17 heteroatoms. The van der Waals surface area contributed by atoms with Crippen molar-refractivity contribution in [2.45, 2.75) is 26.4 Å². The van der Waals surface area contributed by atoms with E-state index in [1.165, 1.54) is 38.1 Å². The van der Waals surface area contributed by atoms with E-state index in [9.17, 15) is 34.2 Å². The van der Waals surface area contributed by atoms with E-state index in [1.54, 1.807) is 6.07 Å². The van der Waals surface area contributed by atoms with Gasteiger partial charge >= 0.3 is 35.4 Å². The summed E-state index contributed by atoms with van der Waals surface area (Å²) in [4.78, 5) is 53.7. The summed E-state index contributed by atoms with van der Waals surface area (Å²) < 4.78 is 39.2. The zero-order valence-electron chi connectivity index (χ0n) is 22.6. The van der Waals surface area contributed by atoms with Crippen LogP contribution in [0, 0.1) is 31.6 Å². The molecular formula is C26H22FN5O11. The quantitative estimate of drug-likeness (QED) is 0.141. The Bertz CT molecular complexity index is 1580. The average molecular weight is 599 g/mol. The summed E-state index contributed by atoms with van der Waals surface area (Å²) in [7, 11) is 0. The number of para-hydroxylation sites is 1. The smallest absolute Gasteiger partial charge is 0.392 e. The first-order chi connectivity index (χ1) is 20.5. The summed E-state index contributed by atoms with van der Waals surface area (Å²) in [6.45, 7) is 1.78. The van der Waals surface area contributed by atoms with Gasteiger partial charge in [0.15, 0.2) is 6.61 Å². The molecular weight excluding hydrogens is 577 g/mol. The first-order valence-corrected chi connectivity index (χ1v) is 12.3. The van der Waals surface area contributed by atoms with Gasteiger partial charge in [0.2, 0.25) is 0 Å². The summed E-state index contributed by atoms with van der Waals surface area (Å²) in [5.41, 5.74) is -2.07. The van der Waals surface area contributed by atoms with Gasteiger partial charge in [-0.1, -0.05) is 12.1 Å². The van der Waals surface area contributed by atoms with Gasteiger partial charge in [0, 0.05) is 6.42 Å². The fourth-order valence-electron chi connectivity index (χ4n) is 3.25. The van der Waals surface area contributed by atoms with Crippen molar-refractivity contribution in [1.82, 2.24) is 9.97 Å². The Morgan fingerprint density at radius 3 is 2.42 bits per heavy atom. The molecule has 0 N–H and O–H groups in total. The highest BCUT2D eigenvalue weighted by atomic mass is 19.1. The third kappa shape index (κ3) is 8.53. The van der Waals surface area contributed by atoms with E-state index in [4.69, 9.17) is 28.9 Å². The molecule has 0 amide bonds. The molecule has 1 atom stereocenters. The maximum atomic E-state index is 13.1. The standard InChI is InChI=1S/C26H22FN5O11/c1-3-39-21(33)14-41-23-22(32(37)38)24(42-17-9-8-16(13-28)19(12-17)31(35)36)30-26(29-23)43-20-7-5-4-6-18(20)25(34)40-11-10-15(2)27/h4-9,12,15H,3,10-11,14H2,1-2H3. The lowest BCUT2D eigenvalue weighted by Crippen LogP contribution is -2.16. The Hall–Kier alpha value is -5.92. The SMILES string of the molecule is CCOC(=O)COc1nc(Oc2ccccc2C(=O)OCCC(C)F)nc(Oc2ccc(C#N)c([N+](=O)[O-])c2)c1[N+](=O)[O-]. The number of nitro benzene ring substituents is 1. The van der Waals surface area contributed by atoms with Gasteiger partial charge in [-0.05, 0) is 38.1 Å². The largest absolute Gasteiger partial charge is 0.463 e. The molecule has 0 radical (unpaired) electrons. The molecule has 2 aromatic carbocycles.